The van der Waals surface area contributed by atoms with E-state index in [1.807, 2.05) is 0 Å². The molecule has 2 aromatic carbocycles. The van der Waals surface area contributed by atoms with E-state index in [0.717, 1.165) is 6.07 Å². The summed E-state index contributed by atoms with van der Waals surface area (Å²) < 4.78 is 26.9. The van der Waals surface area contributed by atoms with Gasteiger partial charge in [0.25, 0.3) is 0 Å². The lowest BCUT2D eigenvalue weighted by atomic mass is 9.98. The second-order valence-corrected chi connectivity index (χ2v) is 3.96. The fourth-order valence-electron chi connectivity index (χ4n) is 1.75. The Balaban J connectivity index is 2.66. The minimum Gasteiger partial charge on any atom is -0.478 e. The maximum atomic E-state index is 13.7. The second-order valence-electron chi connectivity index (χ2n) is 3.96. The topological polar surface area (TPSA) is 37.3 Å². The van der Waals surface area contributed by atoms with E-state index in [1.165, 1.54) is 30.3 Å². The highest BCUT2D eigenvalue weighted by Crippen LogP contribution is 2.27. The molecule has 0 fully saturated rings. The first-order chi connectivity index (χ1) is 8.49. The number of rotatable bonds is 2. The highest BCUT2D eigenvalue weighted by atomic mass is 19.1. The van der Waals surface area contributed by atoms with Gasteiger partial charge in [0.05, 0.1) is 5.56 Å². The van der Waals surface area contributed by atoms with Crippen LogP contribution in [-0.4, -0.2) is 11.1 Å². The van der Waals surface area contributed by atoms with Crippen LogP contribution < -0.4 is 0 Å². The maximum Gasteiger partial charge on any atom is 0.335 e. The summed E-state index contributed by atoms with van der Waals surface area (Å²) in [4.78, 5) is 10.9. The molecule has 0 unspecified atom stereocenters. The molecule has 0 spiro atoms. The molecular weight excluding hydrogens is 238 g/mol. The summed E-state index contributed by atoms with van der Waals surface area (Å²) in [6, 6.07) is 7.45. The van der Waals surface area contributed by atoms with Crippen molar-refractivity contribution in [3.63, 3.8) is 0 Å². The Morgan fingerprint density at radius 2 is 1.78 bits per heavy atom. The van der Waals surface area contributed by atoms with Crippen LogP contribution in [0.15, 0.2) is 36.4 Å². The molecule has 0 atom stereocenters. The molecule has 0 aliphatic rings. The number of halogens is 2. The molecule has 0 saturated heterocycles. The molecule has 0 aliphatic carbocycles. The Kier molecular flexibility index (Phi) is 3.10. The summed E-state index contributed by atoms with van der Waals surface area (Å²) in [7, 11) is 0. The van der Waals surface area contributed by atoms with Crippen molar-refractivity contribution in [3.05, 3.63) is 59.2 Å². The fraction of sp³-hybridized carbons (Fsp3) is 0.0714. The van der Waals surface area contributed by atoms with Crippen molar-refractivity contribution in [1.82, 2.24) is 0 Å². The number of hydrogen-bond donors (Lipinski definition) is 1. The molecule has 4 heteroatoms. The molecule has 0 amide bonds. The van der Waals surface area contributed by atoms with Crippen LogP contribution in [0, 0.1) is 18.6 Å². The van der Waals surface area contributed by atoms with E-state index in [0.29, 0.717) is 11.1 Å². The summed E-state index contributed by atoms with van der Waals surface area (Å²) in [5.74, 6) is -2.21. The first-order valence-electron chi connectivity index (χ1n) is 5.28. The largest absolute Gasteiger partial charge is 0.478 e. The van der Waals surface area contributed by atoms with Crippen LogP contribution in [0.4, 0.5) is 8.78 Å². The standard InChI is InChI=1S/C14H10F2O2/c1-8-2-4-10(15)7-11(8)12-6-9(14(17)18)3-5-13(12)16/h2-7H,1H3,(H,17,18). The van der Waals surface area contributed by atoms with Crippen molar-refractivity contribution in [2.75, 3.05) is 0 Å². The lowest BCUT2D eigenvalue weighted by Gasteiger charge is -2.08. The van der Waals surface area contributed by atoms with Crippen LogP contribution in [0.5, 0.6) is 0 Å². The zero-order valence-electron chi connectivity index (χ0n) is 9.58. The summed E-state index contributed by atoms with van der Waals surface area (Å²) in [6.45, 7) is 1.71. The molecular formula is C14H10F2O2. The summed E-state index contributed by atoms with van der Waals surface area (Å²) >= 11 is 0. The molecule has 18 heavy (non-hydrogen) atoms. The van der Waals surface area contributed by atoms with Crippen molar-refractivity contribution in [2.24, 2.45) is 0 Å². The normalized spacial score (nSPS) is 10.4. The molecule has 0 aliphatic heterocycles. The van der Waals surface area contributed by atoms with Crippen molar-refractivity contribution in [2.45, 2.75) is 6.92 Å². The third-order valence-electron chi connectivity index (χ3n) is 2.70. The zero-order valence-corrected chi connectivity index (χ0v) is 9.58. The van der Waals surface area contributed by atoms with Crippen molar-refractivity contribution in [1.29, 1.82) is 0 Å². The number of hydrogen-bond acceptors (Lipinski definition) is 1. The minimum atomic E-state index is -1.15. The Bertz CT molecular complexity index is 621. The van der Waals surface area contributed by atoms with E-state index in [4.69, 9.17) is 5.11 Å². The van der Waals surface area contributed by atoms with Gasteiger partial charge in [0, 0.05) is 5.56 Å². The van der Waals surface area contributed by atoms with Gasteiger partial charge in [0.2, 0.25) is 0 Å². The van der Waals surface area contributed by atoms with Crippen LogP contribution in [0.1, 0.15) is 15.9 Å². The van der Waals surface area contributed by atoms with E-state index in [1.54, 1.807) is 6.92 Å². The highest BCUT2D eigenvalue weighted by molar-refractivity contribution is 5.89. The minimum absolute atomic E-state index is 0.0324. The third-order valence-corrected chi connectivity index (χ3v) is 2.70. The molecule has 1 N–H and O–H groups in total. The number of aryl methyl sites for hydroxylation is 1. The molecule has 0 radical (unpaired) electrons. The van der Waals surface area contributed by atoms with Crippen LogP contribution >= 0.6 is 0 Å². The van der Waals surface area contributed by atoms with Gasteiger partial charge in [-0.1, -0.05) is 6.07 Å². The molecule has 2 rings (SSSR count). The van der Waals surface area contributed by atoms with Gasteiger partial charge < -0.3 is 5.11 Å². The number of benzene rings is 2. The van der Waals surface area contributed by atoms with E-state index >= 15 is 0 Å². The molecule has 92 valence electrons. The lowest BCUT2D eigenvalue weighted by molar-refractivity contribution is 0.0697. The number of aromatic carboxylic acids is 1. The van der Waals surface area contributed by atoms with Crippen LogP contribution in [0.3, 0.4) is 0 Å². The van der Waals surface area contributed by atoms with Gasteiger partial charge in [0.15, 0.2) is 0 Å². The smallest absolute Gasteiger partial charge is 0.335 e. The van der Waals surface area contributed by atoms with Gasteiger partial charge in [-0.3, -0.25) is 0 Å². The van der Waals surface area contributed by atoms with Crippen LogP contribution in [0.2, 0.25) is 0 Å². The quantitative estimate of drug-likeness (QED) is 0.880. The third kappa shape index (κ3) is 2.22. The van der Waals surface area contributed by atoms with Crippen molar-refractivity contribution >= 4 is 5.97 Å². The summed E-state index contributed by atoms with van der Waals surface area (Å²) in [5, 5.41) is 8.87. The maximum absolute atomic E-state index is 13.7. The van der Waals surface area contributed by atoms with Gasteiger partial charge in [-0.25, -0.2) is 13.6 Å². The zero-order chi connectivity index (χ0) is 13.3. The van der Waals surface area contributed by atoms with Crippen molar-refractivity contribution < 1.29 is 18.7 Å². The predicted octanol–water partition coefficient (Wildman–Crippen LogP) is 3.64. The summed E-state index contributed by atoms with van der Waals surface area (Å²) in [5.41, 5.74) is 1.09. The van der Waals surface area contributed by atoms with Crippen LogP contribution in [-0.2, 0) is 0 Å². The highest BCUT2D eigenvalue weighted by Gasteiger charge is 2.12. The van der Waals surface area contributed by atoms with Gasteiger partial charge in [-0.05, 0) is 48.4 Å². The van der Waals surface area contributed by atoms with E-state index in [9.17, 15) is 13.6 Å². The molecule has 0 bridgehead atoms. The Morgan fingerprint density at radius 1 is 1.06 bits per heavy atom. The van der Waals surface area contributed by atoms with E-state index < -0.39 is 17.6 Å². The molecule has 2 nitrogen and oxygen atoms in total. The summed E-state index contributed by atoms with van der Waals surface area (Å²) in [6.07, 6.45) is 0. The average molecular weight is 248 g/mol. The van der Waals surface area contributed by atoms with Gasteiger partial charge in [-0.2, -0.15) is 0 Å². The number of carboxylic acid groups (broad SMARTS) is 1. The van der Waals surface area contributed by atoms with Gasteiger partial charge in [0.1, 0.15) is 11.6 Å². The van der Waals surface area contributed by atoms with E-state index in [2.05, 4.69) is 0 Å². The molecule has 0 heterocycles. The SMILES string of the molecule is Cc1ccc(F)cc1-c1cc(C(=O)O)ccc1F. The van der Waals surface area contributed by atoms with Crippen molar-refractivity contribution in [3.8, 4) is 11.1 Å². The van der Waals surface area contributed by atoms with Gasteiger partial charge in [-0.15, -0.1) is 0 Å². The fourth-order valence-corrected chi connectivity index (χ4v) is 1.75. The monoisotopic (exact) mass is 248 g/mol. The second kappa shape index (κ2) is 4.56. The molecule has 0 saturated carbocycles. The Morgan fingerprint density at radius 3 is 2.44 bits per heavy atom. The van der Waals surface area contributed by atoms with Crippen LogP contribution in [0.25, 0.3) is 11.1 Å². The predicted molar refractivity (Wildman–Crippen MR) is 63.5 cm³/mol. The molecule has 2 aromatic rings. The van der Waals surface area contributed by atoms with E-state index in [-0.39, 0.29) is 11.1 Å². The average Bonchev–Trinajstić information content (AvgIpc) is 2.33. The Hall–Kier alpha value is -2.23. The molecule has 0 aromatic heterocycles. The van der Waals surface area contributed by atoms with Gasteiger partial charge >= 0.3 is 5.97 Å². The number of carboxylic acids is 1. The lowest BCUT2D eigenvalue weighted by Crippen LogP contribution is -1.98. The number of carbonyl (C=O) groups is 1. The Labute approximate surface area is 103 Å². The first kappa shape index (κ1) is 12.2. The first-order valence-corrected chi connectivity index (χ1v) is 5.28.